The highest BCUT2D eigenvalue weighted by Gasteiger charge is 2.09. The molecule has 0 atom stereocenters. The fourth-order valence-corrected chi connectivity index (χ4v) is 1.19. The van der Waals surface area contributed by atoms with Gasteiger partial charge in [-0.15, -0.1) is 0 Å². The summed E-state index contributed by atoms with van der Waals surface area (Å²) < 4.78 is 24.4. The molecule has 0 unspecified atom stereocenters. The van der Waals surface area contributed by atoms with Gasteiger partial charge in [-0.3, -0.25) is 4.79 Å². The molecule has 0 aliphatic heterocycles. The predicted octanol–water partition coefficient (Wildman–Crippen LogP) is 2.59. The van der Waals surface area contributed by atoms with Crippen molar-refractivity contribution in [1.82, 2.24) is 4.98 Å². The summed E-state index contributed by atoms with van der Waals surface area (Å²) in [5.41, 5.74) is -0.210. The van der Waals surface area contributed by atoms with Gasteiger partial charge in [0, 0.05) is 5.56 Å². The van der Waals surface area contributed by atoms with E-state index in [1.165, 1.54) is 6.07 Å². The molecule has 64 valence electrons. The first-order chi connectivity index (χ1) is 5.63. The molecule has 0 bridgehead atoms. The zero-order valence-corrected chi connectivity index (χ0v) is 7.38. The normalized spacial score (nSPS) is 10.3. The van der Waals surface area contributed by atoms with Gasteiger partial charge in [0.15, 0.2) is 6.29 Å². The summed E-state index contributed by atoms with van der Waals surface area (Å²) >= 11 is 2.92. The van der Waals surface area contributed by atoms with Crippen LogP contribution < -0.4 is 0 Å². The molecule has 0 N–H and O–H groups in total. The second-order valence-corrected chi connectivity index (χ2v) is 2.88. The highest BCUT2D eigenvalue weighted by molar-refractivity contribution is 9.10. The molecule has 0 saturated carbocycles. The number of carbonyl (C=O) groups excluding carboxylic acids is 1. The fourth-order valence-electron chi connectivity index (χ4n) is 0.724. The van der Waals surface area contributed by atoms with E-state index in [4.69, 9.17) is 0 Å². The van der Waals surface area contributed by atoms with E-state index < -0.39 is 6.43 Å². The molecule has 0 spiro atoms. The van der Waals surface area contributed by atoms with E-state index in [0.717, 1.165) is 6.07 Å². The van der Waals surface area contributed by atoms with Gasteiger partial charge in [0.25, 0.3) is 6.43 Å². The summed E-state index contributed by atoms with van der Waals surface area (Å²) in [5.74, 6) is 0. The zero-order chi connectivity index (χ0) is 9.14. The molecule has 0 saturated heterocycles. The van der Waals surface area contributed by atoms with Gasteiger partial charge >= 0.3 is 0 Å². The van der Waals surface area contributed by atoms with Gasteiger partial charge in [0.05, 0.1) is 0 Å². The number of carbonyl (C=O) groups is 1. The number of hydrogen-bond donors (Lipinski definition) is 0. The van der Waals surface area contributed by atoms with E-state index in [0.29, 0.717) is 6.29 Å². The molecule has 0 radical (unpaired) electrons. The van der Waals surface area contributed by atoms with Gasteiger partial charge < -0.3 is 0 Å². The van der Waals surface area contributed by atoms with Crippen LogP contribution in [0.5, 0.6) is 0 Å². The summed E-state index contributed by atoms with van der Waals surface area (Å²) in [6.07, 6.45) is -2.15. The van der Waals surface area contributed by atoms with E-state index in [9.17, 15) is 13.6 Å². The van der Waals surface area contributed by atoms with Crippen LogP contribution in [0.25, 0.3) is 0 Å². The van der Waals surface area contributed by atoms with E-state index >= 15 is 0 Å². The lowest BCUT2D eigenvalue weighted by Crippen LogP contribution is -1.92. The number of aldehydes is 1. The molecule has 1 rings (SSSR count). The molecule has 1 heterocycles. The second-order valence-electron chi connectivity index (χ2n) is 2.07. The number of hydrogen-bond acceptors (Lipinski definition) is 2. The summed E-state index contributed by atoms with van der Waals surface area (Å²) in [4.78, 5) is 13.9. The first kappa shape index (κ1) is 9.25. The minimum Gasteiger partial charge on any atom is -0.296 e. The number of pyridine rings is 1. The standard InChI is InChI=1S/C7H4BrF2NO/c8-6-2-4(7(9)10)1-5(3-12)11-6/h1-3,7H. The lowest BCUT2D eigenvalue weighted by molar-refractivity contribution is 0.111. The Kier molecular flexibility index (Phi) is 2.86. The van der Waals surface area contributed by atoms with Gasteiger partial charge in [0.2, 0.25) is 0 Å². The third-order valence-electron chi connectivity index (χ3n) is 1.21. The minimum atomic E-state index is -2.58. The molecule has 1 aromatic rings. The fraction of sp³-hybridized carbons (Fsp3) is 0.143. The maximum absolute atomic E-state index is 12.1. The van der Waals surface area contributed by atoms with Crippen LogP contribution in [-0.4, -0.2) is 11.3 Å². The molecule has 12 heavy (non-hydrogen) atoms. The van der Waals surface area contributed by atoms with Crippen molar-refractivity contribution < 1.29 is 13.6 Å². The smallest absolute Gasteiger partial charge is 0.264 e. The van der Waals surface area contributed by atoms with Crippen molar-refractivity contribution in [1.29, 1.82) is 0 Å². The Hall–Kier alpha value is -0.840. The summed E-state index contributed by atoms with van der Waals surface area (Å²) in [6.45, 7) is 0. The molecule has 5 heteroatoms. The van der Waals surface area contributed by atoms with Crippen LogP contribution in [0, 0.1) is 0 Å². The lowest BCUT2D eigenvalue weighted by Gasteiger charge is -2.00. The van der Waals surface area contributed by atoms with Crippen LogP contribution in [0.2, 0.25) is 0 Å². The first-order valence-corrected chi connectivity index (χ1v) is 3.83. The summed E-state index contributed by atoms with van der Waals surface area (Å²) in [6, 6.07) is 2.24. The van der Waals surface area contributed by atoms with Crippen LogP contribution >= 0.6 is 15.9 Å². The molecule has 0 aromatic carbocycles. The third-order valence-corrected chi connectivity index (χ3v) is 1.62. The van der Waals surface area contributed by atoms with Gasteiger partial charge in [-0.05, 0) is 28.1 Å². The minimum absolute atomic E-state index is 0.000301. The van der Waals surface area contributed by atoms with Gasteiger partial charge in [-0.1, -0.05) is 0 Å². The molecule has 0 amide bonds. The molecule has 2 nitrogen and oxygen atoms in total. The van der Waals surface area contributed by atoms with Crippen molar-refractivity contribution in [3.63, 3.8) is 0 Å². The number of rotatable bonds is 2. The third kappa shape index (κ3) is 2.07. The number of aromatic nitrogens is 1. The first-order valence-electron chi connectivity index (χ1n) is 3.04. The second kappa shape index (κ2) is 3.71. The number of nitrogens with zero attached hydrogens (tertiary/aromatic N) is 1. The Morgan fingerprint density at radius 1 is 1.50 bits per heavy atom. The van der Waals surface area contributed by atoms with Gasteiger partial charge in [-0.2, -0.15) is 0 Å². The van der Waals surface area contributed by atoms with Crippen molar-refractivity contribution in [2.24, 2.45) is 0 Å². The van der Waals surface area contributed by atoms with Crippen LogP contribution in [0.1, 0.15) is 22.5 Å². The van der Waals surface area contributed by atoms with Crippen molar-refractivity contribution >= 4 is 22.2 Å². The molecular formula is C7H4BrF2NO. The topological polar surface area (TPSA) is 30.0 Å². The lowest BCUT2D eigenvalue weighted by atomic mass is 10.2. The van der Waals surface area contributed by atoms with Crippen molar-refractivity contribution in [3.8, 4) is 0 Å². The number of halogens is 3. The van der Waals surface area contributed by atoms with Crippen molar-refractivity contribution in [2.75, 3.05) is 0 Å². The summed E-state index contributed by atoms with van der Waals surface area (Å²) in [5, 5.41) is 0. The predicted molar refractivity (Wildman–Crippen MR) is 42.3 cm³/mol. The largest absolute Gasteiger partial charge is 0.296 e. The molecule has 0 aliphatic rings. The van der Waals surface area contributed by atoms with Crippen LogP contribution in [0.3, 0.4) is 0 Å². The maximum atomic E-state index is 12.1. The number of alkyl halides is 2. The average Bonchev–Trinajstić information content (AvgIpc) is 2.03. The Balaban J connectivity index is 3.14. The molecular weight excluding hydrogens is 232 g/mol. The summed E-state index contributed by atoms with van der Waals surface area (Å²) in [7, 11) is 0. The van der Waals surface area contributed by atoms with Crippen LogP contribution in [0.15, 0.2) is 16.7 Å². The Morgan fingerprint density at radius 3 is 2.67 bits per heavy atom. The highest BCUT2D eigenvalue weighted by Crippen LogP contribution is 2.21. The van der Waals surface area contributed by atoms with Crippen molar-refractivity contribution in [2.45, 2.75) is 6.43 Å². The monoisotopic (exact) mass is 235 g/mol. The zero-order valence-electron chi connectivity index (χ0n) is 5.80. The van der Waals surface area contributed by atoms with E-state index in [1.54, 1.807) is 0 Å². The van der Waals surface area contributed by atoms with E-state index in [-0.39, 0.29) is 15.9 Å². The Morgan fingerprint density at radius 2 is 2.17 bits per heavy atom. The molecule has 0 fully saturated rings. The average molecular weight is 236 g/mol. The SMILES string of the molecule is O=Cc1cc(C(F)F)cc(Br)n1. The van der Waals surface area contributed by atoms with Gasteiger partial charge in [-0.25, -0.2) is 13.8 Å². The van der Waals surface area contributed by atoms with E-state index in [2.05, 4.69) is 20.9 Å². The van der Waals surface area contributed by atoms with Gasteiger partial charge in [0.1, 0.15) is 10.3 Å². The molecule has 1 aromatic heterocycles. The maximum Gasteiger partial charge on any atom is 0.264 e. The van der Waals surface area contributed by atoms with Crippen LogP contribution in [0.4, 0.5) is 8.78 Å². The van der Waals surface area contributed by atoms with Crippen molar-refractivity contribution in [3.05, 3.63) is 28.0 Å². The van der Waals surface area contributed by atoms with Crippen LogP contribution in [-0.2, 0) is 0 Å². The Labute approximate surface area is 75.7 Å². The Bertz CT molecular complexity index is 303. The van der Waals surface area contributed by atoms with E-state index in [1.807, 2.05) is 0 Å². The highest BCUT2D eigenvalue weighted by atomic mass is 79.9. The quantitative estimate of drug-likeness (QED) is 0.583. The molecule has 0 aliphatic carbocycles.